The van der Waals surface area contributed by atoms with Crippen molar-refractivity contribution >= 4 is 17.3 Å². The first kappa shape index (κ1) is 15.3. The molecule has 0 atom stereocenters. The van der Waals surface area contributed by atoms with Gasteiger partial charge in [-0.05, 0) is 25.0 Å². The molecule has 0 saturated heterocycles. The molecule has 0 spiro atoms. The standard InChI is InChI=1S/C14H16ClN3O3/c1-4-10-5-6-13(12(7-10)18(19)20)21-8-11-9(2)16-17(3)14(11)15/h5-7H,4,8H2,1-3H3. The summed E-state index contributed by atoms with van der Waals surface area (Å²) in [6.45, 7) is 3.91. The number of halogens is 1. The van der Waals surface area contributed by atoms with Gasteiger partial charge < -0.3 is 4.74 Å². The predicted octanol–water partition coefficient (Wildman–Crippen LogP) is 3.43. The van der Waals surface area contributed by atoms with E-state index in [4.69, 9.17) is 16.3 Å². The van der Waals surface area contributed by atoms with E-state index in [9.17, 15) is 10.1 Å². The molecule has 1 aromatic heterocycles. The first-order valence-electron chi connectivity index (χ1n) is 6.52. The number of nitro groups is 1. The second kappa shape index (κ2) is 6.13. The maximum absolute atomic E-state index is 11.1. The van der Waals surface area contributed by atoms with Crippen molar-refractivity contribution in [2.75, 3.05) is 0 Å². The summed E-state index contributed by atoms with van der Waals surface area (Å²) in [4.78, 5) is 10.7. The van der Waals surface area contributed by atoms with Crippen LogP contribution >= 0.6 is 11.6 Å². The van der Waals surface area contributed by atoms with E-state index in [1.807, 2.05) is 19.9 Å². The number of rotatable bonds is 5. The topological polar surface area (TPSA) is 70.2 Å². The fourth-order valence-corrected chi connectivity index (χ4v) is 2.26. The fourth-order valence-electron chi connectivity index (χ4n) is 2.04. The molecule has 0 unspecified atom stereocenters. The lowest BCUT2D eigenvalue weighted by Gasteiger charge is -2.08. The van der Waals surface area contributed by atoms with Crippen LogP contribution in [0.2, 0.25) is 5.15 Å². The Morgan fingerprint density at radius 3 is 2.71 bits per heavy atom. The first-order valence-corrected chi connectivity index (χ1v) is 6.90. The van der Waals surface area contributed by atoms with Crippen molar-refractivity contribution in [3.05, 3.63) is 50.3 Å². The van der Waals surface area contributed by atoms with Crippen molar-refractivity contribution in [2.24, 2.45) is 7.05 Å². The van der Waals surface area contributed by atoms with Crippen molar-refractivity contribution in [2.45, 2.75) is 26.9 Å². The molecular weight excluding hydrogens is 294 g/mol. The third-order valence-electron chi connectivity index (χ3n) is 3.27. The lowest BCUT2D eigenvalue weighted by molar-refractivity contribution is -0.386. The zero-order valence-corrected chi connectivity index (χ0v) is 12.8. The van der Waals surface area contributed by atoms with Gasteiger partial charge in [0.25, 0.3) is 0 Å². The molecule has 0 aliphatic heterocycles. The van der Waals surface area contributed by atoms with E-state index in [0.29, 0.717) is 5.15 Å². The molecule has 2 rings (SSSR count). The molecule has 2 aromatic rings. The monoisotopic (exact) mass is 309 g/mol. The summed E-state index contributed by atoms with van der Waals surface area (Å²) in [5.41, 5.74) is 2.33. The van der Waals surface area contributed by atoms with E-state index in [0.717, 1.165) is 23.2 Å². The molecule has 21 heavy (non-hydrogen) atoms. The van der Waals surface area contributed by atoms with Gasteiger partial charge in [0.1, 0.15) is 11.8 Å². The van der Waals surface area contributed by atoms with Gasteiger partial charge in [0.05, 0.1) is 10.6 Å². The number of nitro benzene ring substituents is 1. The van der Waals surface area contributed by atoms with Gasteiger partial charge in [-0.2, -0.15) is 5.10 Å². The van der Waals surface area contributed by atoms with Crippen molar-refractivity contribution in [3.8, 4) is 5.75 Å². The number of hydrogen-bond acceptors (Lipinski definition) is 4. The van der Waals surface area contributed by atoms with Crippen molar-refractivity contribution < 1.29 is 9.66 Å². The Morgan fingerprint density at radius 1 is 1.48 bits per heavy atom. The fraction of sp³-hybridized carbons (Fsp3) is 0.357. The lowest BCUT2D eigenvalue weighted by Crippen LogP contribution is -2.01. The zero-order chi connectivity index (χ0) is 15.6. The van der Waals surface area contributed by atoms with Crippen LogP contribution in [-0.4, -0.2) is 14.7 Å². The average Bonchev–Trinajstić information content (AvgIpc) is 2.70. The Bertz CT molecular complexity index is 682. The minimum Gasteiger partial charge on any atom is -0.482 e. The Hall–Kier alpha value is -2.08. The van der Waals surface area contributed by atoms with E-state index in [1.54, 1.807) is 17.8 Å². The molecule has 0 fully saturated rings. The van der Waals surface area contributed by atoms with Gasteiger partial charge in [0, 0.05) is 18.7 Å². The van der Waals surface area contributed by atoms with Crippen LogP contribution in [0.15, 0.2) is 18.2 Å². The largest absolute Gasteiger partial charge is 0.482 e. The molecule has 6 nitrogen and oxygen atoms in total. The van der Waals surface area contributed by atoms with Crippen LogP contribution in [0.3, 0.4) is 0 Å². The normalized spacial score (nSPS) is 10.7. The van der Waals surface area contributed by atoms with Gasteiger partial charge in [-0.25, -0.2) is 0 Å². The highest BCUT2D eigenvalue weighted by Crippen LogP contribution is 2.30. The number of ether oxygens (including phenoxy) is 1. The molecule has 0 aliphatic rings. The van der Waals surface area contributed by atoms with Crippen molar-refractivity contribution in [1.29, 1.82) is 0 Å². The van der Waals surface area contributed by atoms with Crippen LogP contribution in [0, 0.1) is 17.0 Å². The van der Waals surface area contributed by atoms with Crippen LogP contribution in [0.4, 0.5) is 5.69 Å². The summed E-state index contributed by atoms with van der Waals surface area (Å²) in [6.07, 6.45) is 0.731. The predicted molar refractivity (Wildman–Crippen MR) is 79.8 cm³/mol. The average molecular weight is 310 g/mol. The molecule has 0 aliphatic carbocycles. The van der Waals surface area contributed by atoms with Gasteiger partial charge in [0.2, 0.25) is 0 Å². The molecule has 0 saturated carbocycles. The minimum atomic E-state index is -0.438. The van der Waals surface area contributed by atoms with Gasteiger partial charge in [0.15, 0.2) is 5.75 Å². The molecule has 1 aromatic carbocycles. The van der Waals surface area contributed by atoms with Gasteiger partial charge in [-0.15, -0.1) is 0 Å². The second-order valence-corrected chi connectivity index (χ2v) is 5.04. The van der Waals surface area contributed by atoms with Crippen LogP contribution in [0.1, 0.15) is 23.7 Å². The van der Waals surface area contributed by atoms with Crippen molar-refractivity contribution in [1.82, 2.24) is 9.78 Å². The Labute approximate surface area is 127 Å². The number of aromatic nitrogens is 2. The van der Waals surface area contributed by atoms with Crippen molar-refractivity contribution in [3.63, 3.8) is 0 Å². The highest BCUT2D eigenvalue weighted by Gasteiger charge is 2.18. The van der Waals surface area contributed by atoms with Crippen LogP contribution in [-0.2, 0) is 20.1 Å². The summed E-state index contributed by atoms with van der Waals surface area (Å²) < 4.78 is 7.13. The molecule has 0 N–H and O–H groups in total. The lowest BCUT2D eigenvalue weighted by atomic mass is 10.1. The third-order valence-corrected chi connectivity index (χ3v) is 3.74. The molecule has 112 valence electrons. The summed E-state index contributed by atoms with van der Waals surface area (Å²) in [5.74, 6) is 0.233. The third kappa shape index (κ3) is 3.16. The highest BCUT2D eigenvalue weighted by molar-refractivity contribution is 6.30. The SMILES string of the molecule is CCc1ccc(OCc2c(C)nn(C)c2Cl)c([N+](=O)[O-])c1. The van der Waals surface area contributed by atoms with E-state index in [1.165, 1.54) is 6.07 Å². The maximum atomic E-state index is 11.1. The Morgan fingerprint density at radius 2 is 2.19 bits per heavy atom. The molecule has 0 bridgehead atoms. The van der Waals surface area contributed by atoms with E-state index < -0.39 is 4.92 Å². The van der Waals surface area contributed by atoms with E-state index >= 15 is 0 Å². The quantitative estimate of drug-likeness (QED) is 0.626. The number of benzene rings is 1. The summed E-state index contributed by atoms with van der Waals surface area (Å²) >= 11 is 6.12. The van der Waals surface area contributed by atoms with Crippen LogP contribution in [0.5, 0.6) is 5.75 Å². The van der Waals surface area contributed by atoms with Crippen LogP contribution < -0.4 is 4.74 Å². The second-order valence-electron chi connectivity index (χ2n) is 4.68. The number of aryl methyl sites for hydroxylation is 3. The molecule has 0 radical (unpaired) electrons. The van der Waals surface area contributed by atoms with Crippen LogP contribution in [0.25, 0.3) is 0 Å². The van der Waals surface area contributed by atoms with E-state index in [2.05, 4.69) is 5.10 Å². The summed E-state index contributed by atoms with van der Waals surface area (Å²) in [7, 11) is 1.73. The first-order chi connectivity index (χ1) is 9.93. The summed E-state index contributed by atoms with van der Waals surface area (Å²) in [6, 6.07) is 4.98. The maximum Gasteiger partial charge on any atom is 0.311 e. The minimum absolute atomic E-state index is 0.0352. The van der Waals surface area contributed by atoms with Gasteiger partial charge in [-0.1, -0.05) is 24.6 Å². The van der Waals surface area contributed by atoms with E-state index in [-0.39, 0.29) is 18.0 Å². The molecule has 0 amide bonds. The van der Waals surface area contributed by atoms with Gasteiger partial charge >= 0.3 is 5.69 Å². The Kier molecular flexibility index (Phi) is 4.47. The molecular formula is C14H16ClN3O3. The Balaban J connectivity index is 2.25. The number of nitrogens with zero attached hydrogens (tertiary/aromatic N) is 3. The smallest absolute Gasteiger partial charge is 0.311 e. The highest BCUT2D eigenvalue weighted by atomic mass is 35.5. The van der Waals surface area contributed by atoms with Gasteiger partial charge in [-0.3, -0.25) is 14.8 Å². The summed E-state index contributed by atoms with van der Waals surface area (Å²) in [5, 5.41) is 15.8. The number of hydrogen-bond donors (Lipinski definition) is 0. The molecule has 1 heterocycles. The zero-order valence-electron chi connectivity index (χ0n) is 12.1. The molecule has 7 heteroatoms.